The molecule has 144 valence electrons. The van der Waals surface area contributed by atoms with E-state index >= 15 is 0 Å². The molecule has 28 heavy (non-hydrogen) atoms. The van der Waals surface area contributed by atoms with E-state index < -0.39 is 11.7 Å². The van der Waals surface area contributed by atoms with Gasteiger partial charge in [0, 0.05) is 19.3 Å². The highest BCUT2D eigenvalue weighted by Gasteiger charge is 2.36. The molecule has 1 saturated heterocycles. The number of rotatable bonds is 5. The molecule has 3 aromatic heterocycles. The second kappa shape index (κ2) is 7.12. The number of nitrogens with zero attached hydrogens (tertiary/aromatic N) is 4. The van der Waals surface area contributed by atoms with Crippen LogP contribution in [0.15, 0.2) is 29.9 Å². The number of hydrogen-bond donors (Lipinski definition) is 2. The second-order valence-corrected chi connectivity index (χ2v) is 7.56. The van der Waals surface area contributed by atoms with Gasteiger partial charge in [0.2, 0.25) is 11.9 Å². The van der Waals surface area contributed by atoms with Crippen LogP contribution in [0, 0.1) is 11.7 Å². The molecule has 0 spiro atoms. The quantitative estimate of drug-likeness (QED) is 0.677. The Kier molecular flexibility index (Phi) is 4.63. The Labute approximate surface area is 163 Å². The third kappa shape index (κ3) is 3.38. The lowest BCUT2D eigenvalue weighted by atomic mass is 9.99. The molecule has 3 aromatic rings. The van der Waals surface area contributed by atoms with E-state index in [9.17, 15) is 14.0 Å². The Morgan fingerprint density at radius 3 is 2.86 bits per heavy atom. The van der Waals surface area contributed by atoms with Gasteiger partial charge in [0.25, 0.3) is 5.91 Å². The minimum absolute atomic E-state index is 0.262. The average Bonchev–Trinajstić information content (AvgIpc) is 3.07. The number of aromatic nitrogens is 3. The van der Waals surface area contributed by atoms with Crippen LogP contribution >= 0.6 is 11.3 Å². The number of likely N-dealkylation sites (tertiary alicyclic amines) is 1. The van der Waals surface area contributed by atoms with Crippen molar-refractivity contribution in [3.63, 3.8) is 0 Å². The number of primary amides is 1. The molecule has 1 atom stereocenters. The van der Waals surface area contributed by atoms with E-state index in [1.807, 2.05) is 12.3 Å². The summed E-state index contributed by atoms with van der Waals surface area (Å²) in [5.74, 6) is -1.16. The van der Waals surface area contributed by atoms with E-state index in [1.165, 1.54) is 17.4 Å². The number of fused-ring (bicyclic) bond motifs is 1. The molecule has 4 heterocycles. The van der Waals surface area contributed by atoms with Crippen molar-refractivity contribution in [1.82, 2.24) is 19.9 Å². The lowest BCUT2D eigenvalue weighted by Gasteiger charge is -2.37. The van der Waals surface area contributed by atoms with E-state index in [4.69, 9.17) is 5.73 Å². The van der Waals surface area contributed by atoms with E-state index in [0.717, 1.165) is 6.20 Å². The fraction of sp³-hybridized carbons (Fsp3) is 0.278. The van der Waals surface area contributed by atoms with Crippen molar-refractivity contribution in [3.05, 3.63) is 47.0 Å². The molecule has 0 aromatic carbocycles. The SMILES string of the molecule is CC(Nc1nc(C(=O)N2CC(C(N)=O)C2)c2sccc2n1)c1cncc(F)c1. The first-order chi connectivity index (χ1) is 13.4. The number of pyridine rings is 1. The summed E-state index contributed by atoms with van der Waals surface area (Å²) in [4.78, 5) is 38.3. The highest BCUT2D eigenvalue weighted by molar-refractivity contribution is 7.17. The van der Waals surface area contributed by atoms with Crippen molar-refractivity contribution in [2.75, 3.05) is 18.4 Å². The van der Waals surface area contributed by atoms with Crippen LogP contribution in [0.1, 0.15) is 29.0 Å². The Balaban J connectivity index is 1.60. The molecule has 10 heteroatoms. The molecule has 0 bridgehead atoms. The Morgan fingerprint density at radius 2 is 2.14 bits per heavy atom. The lowest BCUT2D eigenvalue weighted by molar-refractivity contribution is -0.125. The molecule has 1 aliphatic heterocycles. The van der Waals surface area contributed by atoms with Crippen molar-refractivity contribution in [2.24, 2.45) is 11.7 Å². The molecule has 8 nitrogen and oxygen atoms in total. The maximum absolute atomic E-state index is 13.4. The first kappa shape index (κ1) is 18.2. The molecule has 0 aliphatic carbocycles. The van der Waals surface area contributed by atoms with Gasteiger partial charge in [-0.25, -0.2) is 14.4 Å². The summed E-state index contributed by atoms with van der Waals surface area (Å²) in [6.45, 7) is 2.41. The van der Waals surface area contributed by atoms with Crippen LogP contribution in [0.5, 0.6) is 0 Å². The molecule has 0 saturated carbocycles. The number of anilines is 1. The van der Waals surface area contributed by atoms with Crippen LogP contribution in [0.4, 0.5) is 10.3 Å². The topological polar surface area (TPSA) is 114 Å². The molecule has 1 unspecified atom stereocenters. The monoisotopic (exact) mass is 400 g/mol. The molecular weight excluding hydrogens is 383 g/mol. The van der Waals surface area contributed by atoms with Gasteiger partial charge in [-0.05, 0) is 30.0 Å². The van der Waals surface area contributed by atoms with Crippen LogP contribution in [-0.4, -0.2) is 44.8 Å². The van der Waals surface area contributed by atoms with Crippen LogP contribution in [0.2, 0.25) is 0 Å². The lowest BCUT2D eigenvalue weighted by Crippen LogP contribution is -2.54. The van der Waals surface area contributed by atoms with Gasteiger partial charge in [0.15, 0.2) is 5.69 Å². The third-order valence-electron chi connectivity index (χ3n) is 4.65. The van der Waals surface area contributed by atoms with Gasteiger partial charge in [0.1, 0.15) is 5.82 Å². The van der Waals surface area contributed by atoms with Crippen molar-refractivity contribution in [3.8, 4) is 0 Å². The zero-order chi connectivity index (χ0) is 19.8. The number of amides is 2. The van der Waals surface area contributed by atoms with Gasteiger partial charge in [-0.3, -0.25) is 14.6 Å². The largest absolute Gasteiger partial charge is 0.369 e. The predicted octanol–water partition coefficient (Wildman–Crippen LogP) is 1.96. The first-order valence-electron chi connectivity index (χ1n) is 8.63. The van der Waals surface area contributed by atoms with Crippen LogP contribution in [-0.2, 0) is 4.79 Å². The maximum Gasteiger partial charge on any atom is 0.274 e. The summed E-state index contributed by atoms with van der Waals surface area (Å²) < 4.78 is 14.1. The summed E-state index contributed by atoms with van der Waals surface area (Å²) in [7, 11) is 0. The van der Waals surface area contributed by atoms with Gasteiger partial charge < -0.3 is 16.0 Å². The van der Waals surface area contributed by atoms with E-state index in [-0.39, 0.29) is 29.5 Å². The molecule has 2 amide bonds. The fourth-order valence-electron chi connectivity index (χ4n) is 2.99. The summed E-state index contributed by atoms with van der Waals surface area (Å²) >= 11 is 1.38. The Morgan fingerprint density at radius 1 is 1.36 bits per heavy atom. The van der Waals surface area contributed by atoms with Crippen molar-refractivity contribution in [2.45, 2.75) is 13.0 Å². The van der Waals surface area contributed by atoms with Crippen molar-refractivity contribution < 1.29 is 14.0 Å². The molecule has 4 rings (SSSR count). The summed E-state index contributed by atoms with van der Waals surface area (Å²) in [6.07, 6.45) is 2.69. The summed E-state index contributed by atoms with van der Waals surface area (Å²) in [6, 6.07) is 2.87. The smallest absolute Gasteiger partial charge is 0.274 e. The first-order valence-corrected chi connectivity index (χ1v) is 9.51. The van der Waals surface area contributed by atoms with Crippen LogP contribution < -0.4 is 11.1 Å². The Hall–Kier alpha value is -3.14. The summed E-state index contributed by atoms with van der Waals surface area (Å²) in [5, 5.41) is 4.93. The zero-order valence-corrected chi connectivity index (χ0v) is 15.7. The average molecular weight is 400 g/mol. The van der Waals surface area contributed by atoms with E-state index in [2.05, 4.69) is 20.3 Å². The second-order valence-electron chi connectivity index (χ2n) is 6.64. The van der Waals surface area contributed by atoms with Gasteiger partial charge in [-0.1, -0.05) is 0 Å². The zero-order valence-electron chi connectivity index (χ0n) is 14.9. The maximum atomic E-state index is 13.4. The van der Waals surface area contributed by atoms with Crippen molar-refractivity contribution >= 4 is 39.3 Å². The van der Waals surface area contributed by atoms with Gasteiger partial charge in [-0.2, -0.15) is 0 Å². The number of hydrogen-bond acceptors (Lipinski definition) is 7. The standard InChI is InChI=1S/C18H17FN6O2S/c1-9(10-4-12(19)6-21-5-10)22-18-23-13-2-3-28-15(13)14(24-18)17(27)25-7-11(8-25)16(20)26/h2-6,9,11H,7-8H2,1H3,(H2,20,26)(H,22,23,24). The van der Waals surface area contributed by atoms with E-state index in [1.54, 1.807) is 17.2 Å². The predicted molar refractivity (Wildman–Crippen MR) is 102 cm³/mol. The summed E-state index contributed by atoms with van der Waals surface area (Å²) in [5.41, 5.74) is 6.82. The molecular formula is C18H17FN6O2S. The number of nitrogens with one attached hydrogen (secondary N) is 1. The number of carbonyl (C=O) groups is 2. The highest BCUT2D eigenvalue weighted by atomic mass is 32.1. The molecule has 0 radical (unpaired) electrons. The molecule has 3 N–H and O–H groups in total. The van der Waals surface area contributed by atoms with Crippen LogP contribution in [0.25, 0.3) is 10.2 Å². The van der Waals surface area contributed by atoms with Crippen LogP contribution in [0.3, 0.4) is 0 Å². The van der Waals surface area contributed by atoms with Gasteiger partial charge in [-0.15, -0.1) is 11.3 Å². The number of thiophene rings is 1. The minimum atomic E-state index is -0.432. The Bertz CT molecular complexity index is 1070. The number of nitrogens with two attached hydrogens (primary N) is 1. The van der Waals surface area contributed by atoms with Gasteiger partial charge >= 0.3 is 0 Å². The molecule has 1 fully saturated rings. The van der Waals surface area contributed by atoms with E-state index in [0.29, 0.717) is 28.9 Å². The normalized spacial score (nSPS) is 15.3. The fourth-order valence-corrected chi connectivity index (χ4v) is 3.80. The molecule has 1 aliphatic rings. The number of carbonyl (C=O) groups excluding carboxylic acids is 2. The highest BCUT2D eigenvalue weighted by Crippen LogP contribution is 2.28. The number of halogens is 1. The van der Waals surface area contributed by atoms with Gasteiger partial charge in [0.05, 0.1) is 28.4 Å². The third-order valence-corrected chi connectivity index (χ3v) is 5.56. The minimum Gasteiger partial charge on any atom is -0.369 e. The van der Waals surface area contributed by atoms with Crippen molar-refractivity contribution in [1.29, 1.82) is 0 Å².